The van der Waals surface area contributed by atoms with Crippen LogP contribution < -0.4 is 4.72 Å². The summed E-state index contributed by atoms with van der Waals surface area (Å²) in [7, 11) is -3.11. The molecule has 0 saturated heterocycles. The SMILES string of the molecule is CC(Cc1ccoc1)NS(C)(=O)=O. The summed E-state index contributed by atoms with van der Waals surface area (Å²) in [5.74, 6) is 0. The Morgan fingerprint density at radius 2 is 2.31 bits per heavy atom. The number of hydrogen-bond donors (Lipinski definition) is 1. The predicted octanol–water partition coefficient (Wildman–Crippen LogP) is 0.760. The second-order valence-electron chi connectivity index (χ2n) is 3.13. The van der Waals surface area contributed by atoms with E-state index in [-0.39, 0.29) is 6.04 Å². The molecule has 1 heterocycles. The number of sulfonamides is 1. The summed E-state index contributed by atoms with van der Waals surface area (Å²) in [4.78, 5) is 0. The van der Waals surface area contributed by atoms with Crippen LogP contribution in [0.25, 0.3) is 0 Å². The molecule has 1 unspecified atom stereocenters. The monoisotopic (exact) mass is 203 g/mol. The Bertz CT molecular complexity index is 341. The molecule has 0 bridgehead atoms. The van der Waals surface area contributed by atoms with Crippen LogP contribution >= 0.6 is 0 Å². The van der Waals surface area contributed by atoms with E-state index in [4.69, 9.17) is 4.42 Å². The van der Waals surface area contributed by atoms with E-state index in [1.165, 1.54) is 0 Å². The van der Waals surface area contributed by atoms with Crippen LogP contribution in [0.4, 0.5) is 0 Å². The molecule has 1 rings (SSSR count). The van der Waals surface area contributed by atoms with Crippen molar-refractivity contribution in [2.24, 2.45) is 0 Å². The zero-order chi connectivity index (χ0) is 9.90. The molecule has 5 heteroatoms. The normalized spacial score (nSPS) is 14.3. The lowest BCUT2D eigenvalue weighted by Crippen LogP contribution is -2.32. The maximum Gasteiger partial charge on any atom is 0.208 e. The van der Waals surface area contributed by atoms with Gasteiger partial charge in [-0.3, -0.25) is 0 Å². The Morgan fingerprint density at radius 3 is 2.77 bits per heavy atom. The van der Waals surface area contributed by atoms with Crippen LogP contribution in [0.15, 0.2) is 23.0 Å². The molecule has 0 saturated carbocycles. The standard InChI is InChI=1S/C8H13NO3S/c1-7(9-13(2,10)11)5-8-3-4-12-6-8/h3-4,6-7,9H,5H2,1-2H3. The zero-order valence-corrected chi connectivity index (χ0v) is 8.47. The smallest absolute Gasteiger partial charge is 0.208 e. The third-order valence-corrected chi connectivity index (χ3v) is 2.37. The van der Waals surface area contributed by atoms with Crippen LogP contribution in [0.5, 0.6) is 0 Å². The molecule has 4 nitrogen and oxygen atoms in total. The van der Waals surface area contributed by atoms with Gasteiger partial charge in [-0.2, -0.15) is 0 Å². The highest BCUT2D eigenvalue weighted by Crippen LogP contribution is 2.04. The molecule has 0 radical (unpaired) electrons. The molecular weight excluding hydrogens is 190 g/mol. The fraction of sp³-hybridized carbons (Fsp3) is 0.500. The molecule has 0 aliphatic carbocycles. The van der Waals surface area contributed by atoms with E-state index in [2.05, 4.69) is 4.72 Å². The third-order valence-electron chi connectivity index (χ3n) is 1.54. The molecule has 1 atom stereocenters. The van der Waals surface area contributed by atoms with Gasteiger partial charge in [-0.25, -0.2) is 13.1 Å². The largest absolute Gasteiger partial charge is 0.472 e. The lowest BCUT2D eigenvalue weighted by molar-refractivity contribution is 0.552. The van der Waals surface area contributed by atoms with Crippen molar-refractivity contribution < 1.29 is 12.8 Å². The van der Waals surface area contributed by atoms with Crippen molar-refractivity contribution in [1.29, 1.82) is 0 Å². The summed E-state index contributed by atoms with van der Waals surface area (Å²) < 4.78 is 29.0. The van der Waals surface area contributed by atoms with Crippen LogP contribution in [0.1, 0.15) is 12.5 Å². The molecule has 0 fully saturated rings. The van der Waals surface area contributed by atoms with Gasteiger partial charge in [0.05, 0.1) is 18.8 Å². The average molecular weight is 203 g/mol. The van der Waals surface area contributed by atoms with Crippen molar-refractivity contribution in [1.82, 2.24) is 4.72 Å². The minimum atomic E-state index is -3.11. The molecule has 0 aromatic carbocycles. The third kappa shape index (κ3) is 4.10. The quantitative estimate of drug-likeness (QED) is 0.786. The molecule has 0 aliphatic heterocycles. The molecule has 0 aliphatic rings. The molecule has 74 valence electrons. The number of rotatable bonds is 4. The molecule has 1 N–H and O–H groups in total. The first-order chi connectivity index (χ1) is 5.97. The minimum absolute atomic E-state index is 0.104. The van der Waals surface area contributed by atoms with Crippen molar-refractivity contribution in [2.45, 2.75) is 19.4 Å². The summed E-state index contributed by atoms with van der Waals surface area (Å²) in [6.07, 6.45) is 4.98. The van der Waals surface area contributed by atoms with Gasteiger partial charge in [-0.05, 0) is 25.0 Å². The summed E-state index contributed by atoms with van der Waals surface area (Å²) >= 11 is 0. The summed E-state index contributed by atoms with van der Waals surface area (Å²) in [6.45, 7) is 1.81. The summed E-state index contributed by atoms with van der Waals surface area (Å²) in [5.41, 5.74) is 0.989. The molecule has 13 heavy (non-hydrogen) atoms. The first kappa shape index (κ1) is 10.3. The highest BCUT2D eigenvalue weighted by molar-refractivity contribution is 7.88. The van der Waals surface area contributed by atoms with Crippen molar-refractivity contribution in [2.75, 3.05) is 6.26 Å². The molecule has 0 amide bonds. The summed E-state index contributed by atoms with van der Waals surface area (Å²) in [5, 5.41) is 0. The highest BCUT2D eigenvalue weighted by atomic mass is 32.2. The molecule has 0 spiro atoms. The number of nitrogens with one attached hydrogen (secondary N) is 1. The number of hydrogen-bond acceptors (Lipinski definition) is 3. The van der Waals surface area contributed by atoms with E-state index in [0.717, 1.165) is 11.8 Å². The first-order valence-corrected chi connectivity index (χ1v) is 5.85. The highest BCUT2D eigenvalue weighted by Gasteiger charge is 2.09. The fourth-order valence-corrected chi connectivity index (χ4v) is 1.98. The van der Waals surface area contributed by atoms with E-state index in [1.807, 2.05) is 13.0 Å². The van der Waals surface area contributed by atoms with Gasteiger partial charge in [0, 0.05) is 6.04 Å². The van der Waals surface area contributed by atoms with Gasteiger partial charge >= 0.3 is 0 Å². The van der Waals surface area contributed by atoms with E-state index in [0.29, 0.717) is 6.42 Å². The second-order valence-corrected chi connectivity index (χ2v) is 4.91. The lowest BCUT2D eigenvalue weighted by atomic mass is 10.1. The maximum absolute atomic E-state index is 10.8. The van der Waals surface area contributed by atoms with Crippen molar-refractivity contribution in [3.05, 3.63) is 24.2 Å². The molecular formula is C8H13NO3S. The Hall–Kier alpha value is -0.810. The van der Waals surface area contributed by atoms with Crippen molar-refractivity contribution >= 4 is 10.0 Å². The van der Waals surface area contributed by atoms with Crippen LogP contribution in [-0.4, -0.2) is 20.7 Å². The van der Waals surface area contributed by atoms with Crippen LogP contribution in [-0.2, 0) is 16.4 Å². The molecule has 1 aromatic rings. The molecule has 1 aromatic heterocycles. The van der Waals surface area contributed by atoms with Gasteiger partial charge in [0.2, 0.25) is 10.0 Å². The van der Waals surface area contributed by atoms with E-state index in [1.54, 1.807) is 12.5 Å². The maximum atomic E-state index is 10.8. The van der Waals surface area contributed by atoms with Gasteiger partial charge in [0.15, 0.2) is 0 Å². The topological polar surface area (TPSA) is 59.3 Å². The van der Waals surface area contributed by atoms with E-state index in [9.17, 15) is 8.42 Å². The van der Waals surface area contributed by atoms with Gasteiger partial charge in [-0.15, -0.1) is 0 Å². The van der Waals surface area contributed by atoms with Gasteiger partial charge in [0.25, 0.3) is 0 Å². The van der Waals surface area contributed by atoms with Crippen LogP contribution in [0, 0.1) is 0 Å². The van der Waals surface area contributed by atoms with Gasteiger partial charge in [-0.1, -0.05) is 0 Å². The Morgan fingerprint density at radius 1 is 1.62 bits per heavy atom. The average Bonchev–Trinajstić information content (AvgIpc) is 2.34. The van der Waals surface area contributed by atoms with Crippen molar-refractivity contribution in [3.8, 4) is 0 Å². The number of furan rings is 1. The fourth-order valence-electron chi connectivity index (χ4n) is 1.17. The van der Waals surface area contributed by atoms with Crippen molar-refractivity contribution in [3.63, 3.8) is 0 Å². The summed E-state index contributed by atoms with van der Waals surface area (Å²) in [6, 6.07) is 1.72. The van der Waals surface area contributed by atoms with E-state index < -0.39 is 10.0 Å². The Labute approximate surface area is 78.0 Å². The Balaban J connectivity index is 2.47. The van der Waals surface area contributed by atoms with Gasteiger partial charge < -0.3 is 4.42 Å². The van der Waals surface area contributed by atoms with E-state index >= 15 is 0 Å². The van der Waals surface area contributed by atoms with Crippen LogP contribution in [0.3, 0.4) is 0 Å². The Kier molecular flexibility index (Phi) is 3.11. The lowest BCUT2D eigenvalue weighted by Gasteiger charge is -2.09. The minimum Gasteiger partial charge on any atom is -0.472 e. The van der Waals surface area contributed by atoms with Gasteiger partial charge in [0.1, 0.15) is 0 Å². The first-order valence-electron chi connectivity index (χ1n) is 3.96. The predicted molar refractivity (Wildman–Crippen MR) is 49.9 cm³/mol. The van der Waals surface area contributed by atoms with Crippen LogP contribution in [0.2, 0.25) is 0 Å². The zero-order valence-electron chi connectivity index (χ0n) is 7.65. The second kappa shape index (κ2) is 3.93.